The lowest BCUT2D eigenvalue weighted by atomic mass is 10.2. The van der Waals surface area contributed by atoms with Gasteiger partial charge in [-0.2, -0.15) is 4.98 Å². The number of oxazole rings is 1. The molecule has 8 heteroatoms. The Bertz CT molecular complexity index is 782. The van der Waals surface area contributed by atoms with E-state index in [-0.39, 0.29) is 11.7 Å². The third-order valence-electron chi connectivity index (χ3n) is 2.80. The van der Waals surface area contributed by atoms with E-state index in [1.807, 2.05) is 0 Å². The lowest BCUT2D eigenvalue weighted by Crippen LogP contribution is -1.96. The van der Waals surface area contributed by atoms with Crippen LogP contribution in [0, 0.1) is 10.1 Å². The fourth-order valence-corrected chi connectivity index (χ4v) is 1.83. The van der Waals surface area contributed by atoms with Gasteiger partial charge in [-0.15, -0.1) is 0 Å². The first kappa shape index (κ1) is 12.9. The third-order valence-corrected chi connectivity index (χ3v) is 2.80. The average Bonchev–Trinajstić information content (AvgIpc) is 2.89. The van der Waals surface area contributed by atoms with Gasteiger partial charge in [-0.3, -0.25) is 10.1 Å². The van der Waals surface area contributed by atoms with E-state index in [0.717, 1.165) is 0 Å². The van der Waals surface area contributed by atoms with E-state index < -0.39 is 4.92 Å². The number of hydrogen-bond acceptors (Lipinski definition) is 7. The highest BCUT2D eigenvalue weighted by molar-refractivity contribution is 5.72. The van der Waals surface area contributed by atoms with Gasteiger partial charge in [0.1, 0.15) is 5.75 Å². The first-order valence-corrected chi connectivity index (χ1v) is 5.98. The van der Waals surface area contributed by atoms with Crippen LogP contribution in [0.2, 0.25) is 0 Å². The molecule has 0 aliphatic rings. The summed E-state index contributed by atoms with van der Waals surface area (Å²) in [6.45, 7) is 0. The van der Waals surface area contributed by atoms with Crippen LogP contribution in [-0.4, -0.2) is 22.0 Å². The number of nitro benzene ring substituents is 1. The number of methoxy groups -OCH3 is 1. The van der Waals surface area contributed by atoms with Crippen LogP contribution in [0.1, 0.15) is 0 Å². The Morgan fingerprint density at radius 3 is 2.95 bits per heavy atom. The highest BCUT2D eigenvalue weighted by atomic mass is 16.6. The van der Waals surface area contributed by atoms with Crippen LogP contribution in [-0.2, 0) is 0 Å². The summed E-state index contributed by atoms with van der Waals surface area (Å²) in [4.78, 5) is 18.5. The van der Waals surface area contributed by atoms with E-state index in [1.54, 1.807) is 18.3 Å². The molecule has 0 saturated heterocycles. The monoisotopic (exact) mass is 286 g/mol. The number of nitro groups is 1. The van der Waals surface area contributed by atoms with Gasteiger partial charge in [0, 0.05) is 12.3 Å². The van der Waals surface area contributed by atoms with E-state index in [1.165, 1.54) is 25.3 Å². The number of pyridine rings is 1. The first-order chi connectivity index (χ1) is 10.2. The fourth-order valence-electron chi connectivity index (χ4n) is 1.83. The predicted molar refractivity (Wildman–Crippen MR) is 74.7 cm³/mol. The van der Waals surface area contributed by atoms with Gasteiger partial charge in [-0.1, -0.05) is 0 Å². The number of rotatable bonds is 4. The number of nitrogens with zero attached hydrogens (tertiary/aromatic N) is 3. The molecule has 0 saturated carbocycles. The highest BCUT2D eigenvalue weighted by Crippen LogP contribution is 2.31. The van der Waals surface area contributed by atoms with Crippen molar-refractivity contribution in [3.63, 3.8) is 0 Å². The van der Waals surface area contributed by atoms with E-state index in [2.05, 4.69) is 15.3 Å². The van der Waals surface area contributed by atoms with Crippen molar-refractivity contribution in [2.75, 3.05) is 12.4 Å². The maximum absolute atomic E-state index is 10.7. The quantitative estimate of drug-likeness (QED) is 0.580. The number of aromatic nitrogens is 2. The van der Waals surface area contributed by atoms with Crippen molar-refractivity contribution < 1.29 is 14.1 Å². The Kier molecular flexibility index (Phi) is 3.11. The van der Waals surface area contributed by atoms with E-state index in [4.69, 9.17) is 9.15 Å². The minimum absolute atomic E-state index is 0.0587. The number of benzene rings is 1. The largest absolute Gasteiger partial charge is 0.494 e. The van der Waals surface area contributed by atoms with Crippen LogP contribution in [0.3, 0.4) is 0 Å². The average molecular weight is 286 g/mol. The molecule has 0 radical (unpaired) electrons. The normalized spacial score (nSPS) is 10.5. The minimum Gasteiger partial charge on any atom is -0.494 e. The van der Waals surface area contributed by atoms with E-state index in [9.17, 15) is 10.1 Å². The van der Waals surface area contributed by atoms with Gasteiger partial charge in [0.25, 0.3) is 5.69 Å². The Balaban J connectivity index is 1.95. The molecule has 106 valence electrons. The van der Waals surface area contributed by atoms with Crippen LogP contribution in [0.25, 0.3) is 11.2 Å². The summed E-state index contributed by atoms with van der Waals surface area (Å²) in [5.41, 5.74) is 1.47. The third kappa shape index (κ3) is 2.46. The van der Waals surface area contributed by atoms with Crippen LogP contribution in [0.15, 0.2) is 40.9 Å². The Hall–Kier alpha value is -3.16. The molecular formula is C13H10N4O4. The first-order valence-electron chi connectivity index (χ1n) is 5.98. The molecule has 21 heavy (non-hydrogen) atoms. The molecule has 0 aliphatic heterocycles. The number of hydrogen-bond donors (Lipinski definition) is 1. The van der Waals surface area contributed by atoms with Gasteiger partial charge >= 0.3 is 6.01 Å². The molecule has 8 nitrogen and oxygen atoms in total. The van der Waals surface area contributed by atoms with Gasteiger partial charge in [0.2, 0.25) is 5.65 Å². The van der Waals surface area contributed by atoms with Crippen LogP contribution in [0.5, 0.6) is 5.75 Å². The molecule has 0 unspecified atom stereocenters. The molecule has 0 bridgehead atoms. The summed E-state index contributed by atoms with van der Waals surface area (Å²) in [6.07, 6.45) is 1.61. The van der Waals surface area contributed by atoms with Crippen LogP contribution >= 0.6 is 0 Å². The topological polar surface area (TPSA) is 103 Å². The lowest BCUT2D eigenvalue weighted by molar-refractivity contribution is -0.384. The van der Waals surface area contributed by atoms with Crippen molar-refractivity contribution >= 4 is 28.6 Å². The summed E-state index contributed by atoms with van der Waals surface area (Å²) in [5.74, 6) is 0.319. The SMILES string of the molecule is COc1cc([N+](=O)[O-])ccc1Nc1nc2ncccc2o1. The van der Waals surface area contributed by atoms with E-state index in [0.29, 0.717) is 22.7 Å². The van der Waals surface area contributed by atoms with Crippen LogP contribution in [0.4, 0.5) is 17.4 Å². The summed E-state index contributed by atoms with van der Waals surface area (Å²) in [7, 11) is 1.43. The number of anilines is 2. The predicted octanol–water partition coefficient (Wildman–Crippen LogP) is 2.88. The van der Waals surface area contributed by atoms with Crippen molar-refractivity contribution in [1.82, 2.24) is 9.97 Å². The smallest absolute Gasteiger partial charge is 0.301 e. The lowest BCUT2D eigenvalue weighted by Gasteiger charge is -2.07. The molecule has 2 aromatic heterocycles. The number of nitrogens with one attached hydrogen (secondary N) is 1. The zero-order chi connectivity index (χ0) is 14.8. The molecule has 3 rings (SSSR count). The number of non-ortho nitro benzene ring substituents is 1. The maximum Gasteiger partial charge on any atom is 0.301 e. The molecule has 0 atom stereocenters. The van der Waals surface area contributed by atoms with Crippen molar-refractivity contribution in [1.29, 1.82) is 0 Å². The maximum atomic E-state index is 10.7. The summed E-state index contributed by atoms with van der Waals surface area (Å²) < 4.78 is 10.6. The summed E-state index contributed by atoms with van der Waals surface area (Å²) in [5, 5.41) is 13.7. The summed E-state index contributed by atoms with van der Waals surface area (Å²) in [6, 6.07) is 7.93. The molecule has 2 heterocycles. The molecule has 3 aromatic rings. The molecule has 1 aromatic carbocycles. The van der Waals surface area contributed by atoms with E-state index >= 15 is 0 Å². The molecule has 0 fully saturated rings. The van der Waals surface area contributed by atoms with Gasteiger partial charge in [-0.25, -0.2) is 4.98 Å². The number of fused-ring (bicyclic) bond motifs is 1. The molecule has 1 N–H and O–H groups in total. The van der Waals surface area contributed by atoms with Gasteiger partial charge < -0.3 is 14.5 Å². The standard InChI is InChI=1S/C13H10N4O4/c1-20-11-7-8(17(18)19)4-5-9(11)15-13-16-12-10(21-13)3-2-6-14-12/h2-7H,1H3,(H,14,15,16). The Labute approximate surface area is 118 Å². The van der Waals surface area contributed by atoms with Gasteiger partial charge in [0.15, 0.2) is 5.58 Å². The molecular weight excluding hydrogens is 276 g/mol. The van der Waals surface area contributed by atoms with Crippen molar-refractivity contribution in [2.45, 2.75) is 0 Å². The zero-order valence-corrected chi connectivity index (χ0v) is 10.9. The second kappa shape index (κ2) is 5.08. The second-order valence-electron chi connectivity index (χ2n) is 4.11. The minimum atomic E-state index is -0.490. The summed E-state index contributed by atoms with van der Waals surface area (Å²) >= 11 is 0. The van der Waals surface area contributed by atoms with Crippen molar-refractivity contribution in [3.8, 4) is 5.75 Å². The highest BCUT2D eigenvalue weighted by Gasteiger charge is 2.13. The Morgan fingerprint density at radius 1 is 1.38 bits per heavy atom. The molecule has 0 amide bonds. The van der Waals surface area contributed by atoms with Gasteiger partial charge in [0.05, 0.1) is 23.8 Å². The van der Waals surface area contributed by atoms with Gasteiger partial charge in [-0.05, 0) is 18.2 Å². The molecule has 0 spiro atoms. The van der Waals surface area contributed by atoms with Crippen molar-refractivity contribution in [2.24, 2.45) is 0 Å². The van der Waals surface area contributed by atoms with Crippen molar-refractivity contribution in [3.05, 3.63) is 46.6 Å². The fraction of sp³-hybridized carbons (Fsp3) is 0.0769. The zero-order valence-electron chi connectivity index (χ0n) is 10.9. The number of ether oxygens (including phenoxy) is 1. The molecule has 0 aliphatic carbocycles. The Morgan fingerprint density at radius 2 is 2.24 bits per heavy atom. The van der Waals surface area contributed by atoms with Crippen LogP contribution < -0.4 is 10.1 Å². The second-order valence-corrected chi connectivity index (χ2v) is 4.11.